The van der Waals surface area contributed by atoms with Crippen molar-refractivity contribution in [3.63, 3.8) is 0 Å². The quantitative estimate of drug-likeness (QED) is 0.898. The van der Waals surface area contributed by atoms with E-state index in [0.717, 1.165) is 17.1 Å². The van der Waals surface area contributed by atoms with Crippen molar-refractivity contribution in [3.8, 4) is 5.88 Å². The van der Waals surface area contributed by atoms with Crippen LogP contribution in [0.4, 0.5) is 15.5 Å². The van der Waals surface area contributed by atoms with Gasteiger partial charge in [-0.3, -0.25) is 5.32 Å². The topological polar surface area (TPSA) is 63.3 Å². The molecule has 2 aromatic rings. The lowest BCUT2D eigenvalue weighted by Crippen LogP contribution is -2.17. The number of amides is 1. The van der Waals surface area contributed by atoms with E-state index in [1.807, 2.05) is 32.0 Å². The Kier molecular flexibility index (Phi) is 4.35. The summed E-state index contributed by atoms with van der Waals surface area (Å²) in [6.45, 7) is 4.68. The van der Waals surface area contributed by atoms with Crippen molar-refractivity contribution in [2.45, 2.75) is 13.8 Å². The van der Waals surface area contributed by atoms with Crippen LogP contribution in [-0.4, -0.2) is 17.6 Å². The Morgan fingerprint density at radius 3 is 3.05 bits per heavy atom. The summed E-state index contributed by atoms with van der Waals surface area (Å²) in [5.74, 6) is 0.303. The summed E-state index contributed by atoms with van der Waals surface area (Å²) < 4.78 is 5.17. The molecule has 19 heavy (non-hydrogen) atoms. The van der Waals surface area contributed by atoms with Gasteiger partial charge in [-0.2, -0.15) is 0 Å². The molecule has 0 aliphatic rings. The fourth-order valence-electron chi connectivity index (χ4n) is 1.54. The highest BCUT2D eigenvalue weighted by Gasteiger charge is 2.12. The number of anilines is 2. The summed E-state index contributed by atoms with van der Waals surface area (Å²) in [5, 5.41) is 6.50. The Morgan fingerprint density at radius 1 is 1.47 bits per heavy atom. The summed E-state index contributed by atoms with van der Waals surface area (Å²) in [7, 11) is 0. The van der Waals surface area contributed by atoms with Gasteiger partial charge in [0.25, 0.3) is 5.88 Å². The number of aryl methyl sites for hydroxylation is 1. The van der Waals surface area contributed by atoms with Crippen LogP contribution >= 0.6 is 11.3 Å². The first-order valence-electron chi connectivity index (χ1n) is 5.92. The van der Waals surface area contributed by atoms with E-state index in [1.54, 1.807) is 11.6 Å². The van der Waals surface area contributed by atoms with E-state index in [2.05, 4.69) is 15.6 Å². The van der Waals surface area contributed by atoms with Gasteiger partial charge in [-0.15, -0.1) is 11.3 Å². The van der Waals surface area contributed by atoms with Crippen molar-refractivity contribution in [1.82, 2.24) is 4.98 Å². The molecule has 0 fully saturated rings. The van der Waals surface area contributed by atoms with Gasteiger partial charge >= 0.3 is 6.09 Å². The van der Waals surface area contributed by atoms with E-state index < -0.39 is 6.09 Å². The minimum atomic E-state index is -0.546. The number of carbonyl (C=O) groups excluding carboxylic acids is 1. The molecule has 6 heteroatoms. The molecule has 1 heterocycles. The number of carbonyl (C=O) groups is 1. The lowest BCUT2D eigenvalue weighted by atomic mass is 10.2. The lowest BCUT2D eigenvalue weighted by Gasteiger charge is -2.07. The predicted octanol–water partition coefficient (Wildman–Crippen LogP) is 3.49. The lowest BCUT2D eigenvalue weighted by molar-refractivity contribution is 0.214. The fraction of sp³-hybridized carbons (Fsp3) is 0.231. The van der Waals surface area contributed by atoms with Crippen LogP contribution in [0.3, 0.4) is 0 Å². The largest absolute Gasteiger partial charge is 0.418 e. The smallest absolute Gasteiger partial charge is 0.388 e. The van der Waals surface area contributed by atoms with Gasteiger partial charge in [0.05, 0.1) is 5.51 Å². The molecular weight excluding hydrogens is 262 g/mol. The zero-order valence-corrected chi connectivity index (χ0v) is 11.6. The SMILES string of the molecule is CCNc1scnc1OC(=O)Nc1cccc(C)c1. The number of ether oxygens (including phenoxy) is 1. The van der Waals surface area contributed by atoms with Gasteiger partial charge in [-0.1, -0.05) is 12.1 Å². The van der Waals surface area contributed by atoms with E-state index in [4.69, 9.17) is 4.74 Å². The Hall–Kier alpha value is -2.08. The summed E-state index contributed by atoms with van der Waals surface area (Å²) in [4.78, 5) is 15.8. The number of nitrogens with zero attached hydrogens (tertiary/aromatic N) is 1. The van der Waals surface area contributed by atoms with Crippen LogP contribution in [0.15, 0.2) is 29.8 Å². The summed E-state index contributed by atoms with van der Waals surface area (Å²) >= 11 is 1.40. The number of aromatic nitrogens is 1. The minimum absolute atomic E-state index is 0.303. The van der Waals surface area contributed by atoms with Gasteiger partial charge in [0.1, 0.15) is 0 Å². The van der Waals surface area contributed by atoms with Crippen LogP contribution in [-0.2, 0) is 0 Å². The van der Waals surface area contributed by atoms with Crippen LogP contribution in [0.2, 0.25) is 0 Å². The highest BCUT2D eigenvalue weighted by atomic mass is 32.1. The van der Waals surface area contributed by atoms with E-state index in [0.29, 0.717) is 11.6 Å². The molecule has 0 bridgehead atoms. The first kappa shape index (κ1) is 13.4. The average Bonchev–Trinajstić information content (AvgIpc) is 2.77. The molecule has 0 radical (unpaired) electrons. The monoisotopic (exact) mass is 277 g/mol. The van der Waals surface area contributed by atoms with Crippen molar-refractivity contribution in [3.05, 3.63) is 35.3 Å². The van der Waals surface area contributed by atoms with Gasteiger partial charge < -0.3 is 10.1 Å². The molecule has 0 atom stereocenters. The Morgan fingerprint density at radius 2 is 2.32 bits per heavy atom. The molecule has 0 aliphatic heterocycles. The maximum atomic E-state index is 11.8. The van der Waals surface area contributed by atoms with E-state index in [9.17, 15) is 4.79 Å². The first-order valence-corrected chi connectivity index (χ1v) is 6.80. The molecule has 0 aliphatic carbocycles. The molecule has 0 unspecified atom stereocenters. The van der Waals surface area contributed by atoms with Gasteiger partial charge in [0.2, 0.25) is 0 Å². The standard InChI is InChI=1S/C13H15N3O2S/c1-3-14-12-11(15-8-19-12)18-13(17)16-10-6-4-5-9(2)7-10/h4-8,14H,3H2,1-2H3,(H,16,17). The van der Waals surface area contributed by atoms with Crippen molar-refractivity contribution in [1.29, 1.82) is 0 Å². The summed E-state index contributed by atoms with van der Waals surface area (Å²) in [6, 6.07) is 7.51. The second kappa shape index (κ2) is 6.19. The highest BCUT2D eigenvalue weighted by Crippen LogP contribution is 2.27. The van der Waals surface area contributed by atoms with Crippen molar-refractivity contribution < 1.29 is 9.53 Å². The third-order valence-corrected chi connectivity index (χ3v) is 3.09. The third kappa shape index (κ3) is 3.69. The summed E-state index contributed by atoms with van der Waals surface area (Å²) in [6.07, 6.45) is -0.546. The molecule has 1 aromatic carbocycles. The molecule has 0 saturated heterocycles. The van der Waals surface area contributed by atoms with Crippen molar-refractivity contribution >= 4 is 28.1 Å². The van der Waals surface area contributed by atoms with Gasteiger partial charge in [-0.25, -0.2) is 9.78 Å². The molecule has 100 valence electrons. The van der Waals surface area contributed by atoms with Crippen LogP contribution < -0.4 is 15.4 Å². The number of nitrogens with one attached hydrogen (secondary N) is 2. The number of hydrogen-bond acceptors (Lipinski definition) is 5. The van der Waals surface area contributed by atoms with Crippen molar-refractivity contribution in [2.75, 3.05) is 17.2 Å². The van der Waals surface area contributed by atoms with Crippen LogP contribution in [0.25, 0.3) is 0 Å². The third-order valence-electron chi connectivity index (χ3n) is 2.33. The predicted molar refractivity (Wildman–Crippen MR) is 77.1 cm³/mol. The molecule has 5 nitrogen and oxygen atoms in total. The first-order chi connectivity index (χ1) is 9.19. The van der Waals surface area contributed by atoms with E-state index >= 15 is 0 Å². The van der Waals surface area contributed by atoms with Gasteiger partial charge in [0, 0.05) is 12.2 Å². The van der Waals surface area contributed by atoms with Crippen LogP contribution in [0, 0.1) is 6.92 Å². The minimum Gasteiger partial charge on any atom is -0.388 e. The zero-order chi connectivity index (χ0) is 13.7. The number of rotatable bonds is 4. The number of benzene rings is 1. The van der Waals surface area contributed by atoms with Gasteiger partial charge in [-0.05, 0) is 31.5 Å². The Bertz CT molecular complexity index is 569. The Balaban J connectivity index is 1.99. The second-order valence-electron chi connectivity index (χ2n) is 3.90. The fourth-order valence-corrected chi connectivity index (χ4v) is 2.22. The van der Waals surface area contributed by atoms with Crippen LogP contribution in [0.1, 0.15) is 12.5 Å². The Labute approximate surface area is 115 Å². The molecule has 2 rings (SSSR count). The van der Waals surface area contributed by atoms with Crippen molar-refractivity contribution in [2.24, 2.45) is 0 Å². The molecule has 0 spiro atoms. The van der Waals surface area contributed by atoms with Crippen LogP contribution in [0.5, 0.6) is 5.88 Å². The zero-order valence-electron chi connectivity index (χ0n) is 10.8. The number of hydrogen-bond donors (Lipinski definition) is 2. The maximum absolute atomic E-state index is 11.8. The molecule has 1 aromatic heterocycles. The molecule has 0 saturated carbocycles. The normalized spacial score (nSPS) is 10.0. The molecular formula is C13H15N3O2S. The average molecular weight is 277 g/mol. The maximum Gasteiger partial charge on any atom is 0.418 e. The number of thiazole rings is 1. The summed E-state index contributed by atoms with van der Waals surface area (Å²) in [5.41, 5.74) is 3.40. The highest BCUT2D eigenvalue weighted by molar-refractivity contribution is 7.14. The van der Waals surface area contributed by atoms with E-state index in [-0.39, 0.29) is 0 Å². The molecule has 2 N–H and O–H groups in total. The second-order valence-corrected chi connectivity index (χ2v) is 4.76. The van der Waals surface area contributed by atoms with Gasteiger partial charge in [0.15, 0.2) is 5.00 Å². The molecule has 1 amide bonds. The van der Waals surface area contributed by atoms with E-state index in [1.165, 1.54) is 11.3 Å².